The summed E-state index contributed by atoms with van der Waals surface area (Å²) in [4.78, 5) is 17.4. The van der Waals surface area contributed by atoms with E-state index >= 15 is 0 Å². The van der Waals surface area contributed by atoms with E-state index in [4.69, 9.17) is 4.74 Å². The first-order valence-electron chi connectivity index (χ1n) is 10.3. The van der Waals surface area contributed by atoms with Gasteiger partial charge in [-0.2, -0.15) is 0 Å². The molecule has 1 amide bonds. The van der Waals surface area contributed by atoms with Crippen LogP contribution in [-0.2, 0) is 14.8 Å². The number of hydrogen-bond acceptors (Lipinski definition) is 6. The first-order valence-corrected chi connectivity index (χ1v) is 12.6. The highest BCUT2D eigenvalue weighted by Gasteiger charge is 2.21. The molecule has 0 spiro atoms. The minimum Gasteiger partial charge on any atom is -0.377 e. The van der Waals surface area contributed by atoms with Gasteiger partial charge >= 0.3 is 0 Å². The van der Waals surface area contributed by atoms with Crippen LogP contribution in [0.5, 0.6) is 0 Å². The Morgan fingerprint density at radius 3 is 2.84 bits per heavy atom. The molecule has 4 aromatic rings. The number of sulfonamides is 1. The van der Waals surface area contributed by atoms with Gasteiger partial charge in [0.15, 0.2) is 5.13 Å². The highest BCUT2D eigenvalue weighted by molar-refractivity contribution is 7.89. The van der Waals surface area contributed by atoms with Crippen molar-refractivity contribution in [2.24, 2.45) is 0 Å². The lowest BCUT2D eigenvalue weighted by atomic mass is 10.1. The number of fused-ring (bicyclic) bond motifs is 3. The zero-order valence-electron chi connectivity index (χ0n) is 17.1. The molecule has 164 valence electrons. The van der Waals surface area contributed by atoms with Crippen LogP contribution in [0.3, 0.4) is 0 Å². The quantitative estimate of drug-likeness (QED) is 0.444. The molecule has 2 N–H and O–H groups in total. The Labute approximate surface area is 189 Å². The number of anilines is 1. The van der Waals surface area contributed by atoms with Gasteiger partial charge in [-0.25, -0.2) is 18.1 Å². The SMILES string of the molecule is O=C(Nc1nc2ccc3ccccc3c2s1)c1cccc(S(=O)(=O)NC[C@@H]2CCCO2)c1. The van der Waals surface area contributed by atoms with E-state index in [9.17, 15) is 13.2 Å². The molecule has 5 rings (SSSR count). The molecule has 1 aliphatic rings. The third-order valence-corrected chi connectivity index (χ3v) is 7.87. The van der Waals surface area contributed by atoms with Gasteiger partial charge in [-0.15, -0.1) is 0 Å². The molecule has 9 heteroatoms. The summed E-state index contributed by atoms with van der Waals surface area (Å²) in [6, 6.07) is 17.9. The highest BCUT2D eigenvalue weighted by atomic mass is 32.2. The van der Waals surface area contributed by atoms with Crippen molar-refractivity contribution in [3.8, 4) is 0 Å². The molecule has 1 fully saturated rings. The lowest BCUT2D eigenvalue weighted by Gasteiger charge is -2.12. The molecular weight excluding hydrogens is 446 g/mol. The predicted molar refractivity (Wildman–Crippen MR) is 126 cm³/mol. The van der Waals surface area contributed by atoms with Crippen molar-refractivity contribution < 1.29 is 17.9 Å². The lowest BCUT2D eigenvalue weighted by Crippen LogP contribution is -2.32. The zero-order valence-corrected chi connectivity index (χ0v) is 18.7. The van der Waals surface area contributed by atoms with Crippen molar-refractivity contribution in [3.63, 3.8) is 0 Å². The normalized spacial score (nSPS) is 16.6. The third kappa shape index (κ3) is 4.24. The van der Waals surface area contributed by atoms with Gasteiger partial charge in [0, 0.05) is 24.1 Å². The van der Waals surface area contributed by atoms with Crippen molar-refractivity contribution in [2.45, 2.75) is 23.8 Å². The monoisotopic (exact) mass is 467 g/mol. The summed E-state index contributed by atoms with van der Waals surface area (Å²) in [5.74, 6) is -0.412. The maximum absolute atomic E-state index is 12.8. The van der Waals surface area contributed by atoms with Gasteiger partial charge in [0.2, 0.25) is 10.0 Å². The number of thiazole rings is 1. The molecule has 1 saturated heterocycles. The summed E-state index contributed by atoms with van der Waals surface area (Å²) in [6.45, 7) is 0.877. The molecule has 1 aromatic heterocycles. The summed E-state index contributed by atoms with van der Waals surface area (Å²) in [7, 11) is -3.74. The zero-order chi connectivity index (χ0) is 22.1. The highest BCUT2D eigenvalue weighted by Crippen LogP contribution is 2.32. The van der Waals surface area contributed by atoms with Crippen molar-refractivity contribution in [1.82, 2.24) is 9.71 Å². The van der Waals surface area contributed by atoms with Gasteiger partial charge < -0.3 is 4.74 Å². The molecule has 3 aromatic carbocycles. The topological polar surface area (TPSA) is 97.4 Å². The second-order valence-electron chi connectivity index (χ2n) is 7.62. The van der Waals surface area contributed by atoms with Gasteiger partial charge in [-0.05, 0) is 42.5 Å². The number of nitrogens with one attached hydrogen (secondary N) is 2. The van der Waals surface area contributed by atoms with Crippen LogP contribution in [0.4, 0.5) is 5.13 Å². The van der Waals surface area contributed by atoms with Gasteiger partial charge in [-0.3, -0.25) is 10.1 Å². The van der Waals surface area contributed by atoms with Gasteiger partial charge in [0.25, 0.3) is 5.91 Å². The van der Waals surface area contributed by atoms with E-state index < -0.39 is 15.9 Å². The molecule has 32 heavy (non-hydrogen) atoms. The van der Waals surface area contributed by atoms with E-state index in [0.717, 1.165) is 33.8 Å². The van der Waals surface area contributed by atoms with E-state index in [0.29, 0.717) is 11.7 Å². The van der Waals surface area contributed by atoms with Crippen LogP contribution >= 0.6 is 11.3 Å². The molecule has 0 bridgehead atoms. The summed E-state index contributed by atoms with van der Waals surface area (Å²) in [6.07, 6.45) is 1.66. The van der Waals surface area contributed by atoms with Crippen molar-refractivity contribution in [3.05, 3.63) is 66.2 Å². The minimum absolute atomic E-state index is 0.0402. The fraction of sp³-hybridized carbons (Fsp3) is 0.217. The second-order valence-corrected chi connectivity index (χ2v) is 10.4. The first kappa shape index (κ1) is 21.0. The molecule has 1 aliphatic heterocycles. The number of carbonyl (C=O) groups excluding carboxylic acids is 1. The molecule has 0 aliphatic carbocycles. The van der Waals surface area contributed by atoms with E-state index in [1.54, 1.807) is 12.1 Å². The summed E-state index contributed by atoms with van der Waals surface area (Å²) < 4.78 is 34.3. The number of aromatic nitrogens is 1. The number of nitrogens with zero attached hydrogens (tertiary/aromatic N) is 1. The number of hydrogen-bond donors (Lipinski definition) is 2. The molecule has 0 radical (unpaired) electrons. The average molecular weight is 468 g/mol. The Bertz CT molecular complexity index is 1410. The standard InChI is InChI=1S/C23H21N3O4S2/c27-22(26-23-25-20-11-10-15-5-1-2-9-19(15)21(20)31-23)16-6-3-8-18(13-16)32(28,29)24-14-17-7-4-12-30-17/h1-3,5-6,8-11,13,17,24H,4,7,12,14H2,(H,25,26,27)/t17-/m0/s1. The summed E-state index contributed by atoms with van der Waals surface area (Å²) >= 11 is 1.39. The van der Waals surface area contributed by atoms with Gasteiger partial charge in [0.05, 0.1) is 21.2 Å². The number of rotatable bonds is 6. The Hall–Kier alpha value is -2.85. The van der Waals surface area contributed by atoms with Crippen molar-refractivity contribution in [1.29, 1.82) is 0 Å². The minimum atomic E-state index is -3.74. The number of amides is 1. The number of carbonyl (C=O) groups is 1. The van der Waals surface area contributed by atoms with E-state index in [-0.39, 0.29) is 23.1 Å². The first-order chi connectivity index (χ1) is 15.5. The Kier molecular flexibility index (Phi) is 5.64. The van der Waals surface area contributed by atoms with Crippen LogP contribution in [-0.4, -0.2) is 38.6 Å². The van der Waals surface area contributed by atoms with Crippen LogP contribution < -0.4 is 10.0 Å². The van der Waals surface area contributed by atoms with Crippen molar-refractivity contribution >= 4 is 53.4 Å². The molecule has 0 saturated carbocycles. The average Bonchev–Trinajstić information content (AvgIpc) is 3.47. The van der Waals surface area contributed by atoms with Gasteiger partial charge in [0.1, 0.15) is 0 Å². The molecular formula is C23H21N3O4S2. The maximum Gasteiger partial charge on any atom is 0.257 e. The van der Waals surface area contributed by atoms with Gasteiger partial charge in [-0.1, -0.05) is 47.7 Å². The third-order valence-electron chi connectivity index (χ3n) is 5.43. The van der Waals surface area contributed by atoms with E-state index in [2.05, 4.69) is 15.0 Å². The molecule has 0 unspecified atom stereocenters. The second kappa shape index (κ2) is 8.59. The Balaban J connectivity index is 1.35. The Morgan fingerprint density at radius 2 is 2.00 bits per heavy atom. The van der Waals surface area contributed by atoms with Crippen LogP contribution in [0.15, 0.2) is 65.6 Å². The number of ether oxygens (including phenoxy) is 1. The van der Waals surface area contributed by atoms with E-state index in [1.807, 2.05) is 36.4 Å². The smallest absolute Gasteiger partial charge is 0.257 e. The molecule has 2 heterocycles. The Morgan fingerprint density at radius 1 is 1.12 bits per heavy atom. The van der Waals surface area contributed by atoms with Crippen molar-refractivity contribution in [2.75, 3.05) is 18.5 Å². The summed E-state index contributed by atoms with van der Waals surface area (Å²) in [5, 5.41) is 5.45. The van der Waals surface area contributed by atoms with E-state index in [1.165, 1.54) is 23.5 Å². The van der Waals surface area contributed by atoms with Crippen LogP contribution in [0.25, 0.3) is 21.0 Å². The predicted octanol–water partition coefficient (Wildman–Crippen LogP) is 4.16. The number of benzene rings is 3. The van der Waals surface area contributed by atoms with Crippen LogP contribution in [0.1, 0.15) is 23.2 Å². The lowest BCUT2D eigenvalue weighted by molar-refractivity contribution is 0.102. The fourth-order valence-electron chi connectivity index (χ4n) is 3.77. The molecule has 7 nitrogen and oxygen atoms in total. The maximum atomic E-state index is 12.8. The largest absolute Gasteiger partial charge is 0.377 e. The van der Waals surface area contributed by atoms with Crippen LogP contribution in [0.2, 0.25) is 0 Å². The fourth-order valence-corrected chi connectivity index (χ4v) is 5.88. The summed E-state index contributed by atoms with van der Waals surface area (Å²) in [5.41, 5.74) is 1.05. The van der Waals surface area contributed by atoms with Crippen LogP contribution in [0, 0.1) is 0 Å². The molecule has 1 atom stereocenters.